The van der Waals surface area contributed by atoms with Crippen molar-refractivity contribution in [1.82, 2.24) is 9.97 Å². The van der Waals surface area contributed by atoms with Crippen molar-refractivity contribution in [3.05, 3.63) is 101 Å². The van der Waals surface area contributed by atoms with E-state index in [1.165, 1.54) is 18.2 Å². The number of nitrogens with one attached hydrogen (secondary N) is 2. The fourth-order valence-corrected chi connectivity index (χ4v) is 3.79. The molecule has 1 aromatic heterocycles. The van der Waals surface area contributed by atoms with E-state index in [2.05, 4.69) is 33.8 Å². The summed E-state index contributed by atoms with van der Waals surface area (Å²) in [5, 5.41) is 17.7. The summed E-state index contributed by atoms with van der Waals surface area (Å²) >= 11 is 0. The molecule has 11 nitrogen and oxygen atoms in total. The number of hydrogen-bond acceptors (Lipinski definition) is 10. The number of benzene rings is 3. The van der Waals surface area contributed by atoms with Crippen molar-refractivity contribution in [3.63, 3.8) is 0 Å². The number of carbonyl (C=O) groups excluding carboxylic acids is 2. The zero-order valence-corrected chi connectivity index (χ0v) is 22.5. The predicted molar refractivity (Wildman–Crippen MR) is 157 cm³/mol. The second kappa shape index (κ2) is 12.5. The van der Waals surface area contributed by atoms with Crippen LogP contribution in [0.25, 0.3) is 22.2 Å². The minimum absolute atomic E-state index is 0.113. The predicted octanol–water partition coefficient (Wildman–Crippen LogP) is 6.18. The number of ether oxygens (including phenoxy) is 2. The van der Waals surface area contributed by atoms with Crippen LogP contribution in [0.4, 0.5) is 28.7 Å². The van der Waals surface area contributed by atoms with Crippen molar-refractivity contribution >= 4 is 62.8 Å². The molecule has 0 spiro atoms. The van der Waals surface area contributed by atoms with E-state index < -0.39 is 16.9 Å². The van der Waals surface area contributed by atoms with Crippen LogP contribution < -0.4 is 10.6 Å². The van der Waals surface area contributed by atoms with Crippen LogP contribution in [0.15, 0.2) is 79.9 Å². The second-order valence-electron chi connectivity index (χ2n) is 8.65. The van der Waals surface area contributed by atoms with Gasteiger partial charge < -0.3 is 20.1 Å². The number of anilines is 4. The first-order valence-electron chi connectivity index (χ1n) is 12.6. The molecular formula is C30H27N5O6. The van der Waals surface area contributed by atoms with Crippen LogP contribution in [0.5, 0.6) is 0 Å². The maximum absolute atomic E-state index is 12.0. The van der Waals surface area contributed by atoms with Gasteiger partial charge in [0.15, 0.2) is 11.6 Å². The zero-order valence-electron chi connectivity index (χ0n) is 22.5. The minimum atomic E-state index is -0.501. The van der Waals surface area contributed by atoms with Crippen molar-refractivity contribution in [1.29, 1.82) is 0 Å². The summed E-state index contributed by atoms with van der Waals surface area (Å²) in [4.78, 5) is 44.1. The molecule has 0 fully saturated rings. The van der Waals surface area contributed by atoms with Crippen molar-refractivity contribution in [2.24, 2.45) is 0 Å². The third-order valence-electron chi connectivity index (χ3n) is 5.89. The summed E-state index contributed by atoms with van der Waals surface area (Å²) in [7, 11) is 0. The van der Waals surface area contributed by atoms with Gasteiger partial charge in [0.1, 0.15) is 0 Å². The fourth-order valence-electron chi connectivity index (χ4n) is 3.79. The van der Waals surface area contributed by atoms with E-state index in [9.17, 15) is 19.7 Å². The lowest BCUT2D eigenvalue weighted by molar-refractivity contribution is -0.384. The van der Waals surface area contributed by atoms with Gasteiger partial charge in [-0.15, -0.1) is 0 Å². The highest BCUT2D eigenvalue weighted by molar-refractivity contribution is 6.16. The molecule has 0 radical (unpaired) electrons. The lowest BCUT2D eigenvalue weighted by Gasteiger charge is -2.14. The molecule has 4 aromatic rings. The molecule has 0 aliphatic carbocycles. The van der Waals surface area contributed by atoms with Gasteiger partial charge in [-0.3, -0.25) is 10.1 Å². The van der Waals surface area contributed by atoms with E-state index >= 15 is 0 Å². The highest BCUT2D eigenvalue weighted by Crippen LogP contribution is 2.30. The number of rotatable bonds is 11. The van der Waals surface area contributed by atoms with E-state index in [0.717, 1.165) is 0 Å². The van der Waals surface area contributed by atoms with E-state index in [4.69, 9.17) is 9.47 Å². The van der Waals surface area contributed by atoms with E-state index in [0.29, 0.717) is 45.2 Å². The van der Waals surface area contributed by atoms with Gasteiger partial charge >= 0.3 is 11.9 Å². The molecule has 11 heteroatoms. The van der Waals surface area contributed by atoms with Crippen LogP contribution in [-0.4, -0.2) is 40.0 Å². The first kappa shape index (κ1) is 28.4. The molecule has 0 atom stereocenters. The molecule has 0 unspecified atom stereocenters. The monoisotopic (exact) mass is 553 g/mol. The summed E-state index contributed by atoms with van der Waals surface area (Å²) in [6.07, 6.45) is 0. The number of aromatic nitrogens is 2. The Morgan fingerprint density at radius 1 is 0.756 bits per heavy atom. The molecule has 2 N–H and O–H groups in total. The topological polar surface area (TPSA) is 146 Å². The number of esters is 2. The second-order valence-corrected chi connectivity index (χ2v) is 8.65. The average Bonchev–Trinajstić information content (AvgIpc) is 2.97. The molecule has 208 valence electrons. The molecule has 0 amide bonds. The summed E-state index contributed by atoms with van der Waals surface area (Å²) in [5.74, 6) is -0.345. The smallest absolute Gasteiger partial charge is 0.338 e. The Morgan fingerprint density at radius 2 is 1.20 bits per heavy atom. The van der Waals surface area contributed by atoms with Crippen molar-refractivity contribution in [3.8, 4) is 0 Å². The summed E-state index contributed by atoms with van der Waals surface area (Å²) in [5.41, 5.74) is 3.58. The van der Waals surface area contributed by atoms with E-state index in [1.807, 2.05) is 0 Å². The van der Waals surface area contributed by atoms with Gasteiger partial charge in [0.05, 0.1) is 40.3 Å². The van der Waals surface area contributed by atoms with Gasteiger partial charge in [0, 0.05) is 23.5 Å². The van der Waals surface area contributed by atoms with Crippen molar-refractivity contribution in [2.75, 3.05) is 23.8 Å². The normalized spacial score (nSPS) is 10.5. The Balaban J connectivity index is 1.65. The lowest BCUT2D eigenvalue weighted by Crippen LogP contribution is -2.06. The Labute approximate surface area is 235 Å². The van der Waals surface area contributed by atoms with Gasteiger partial charge in [0.2, 0.25) is 0 Å². The summed E-state index contributed by atoms with van der Waals surface area (Å²) < 4.78 is 10.0. The molecule has 0 bridgehead atoms. The largest absolute Gasteiger partial charge is 0.462 e. The van der Waals surface area contributed by atoms with Crippen LogP contribution in [0.3, 0.4) is 0 Å². The van der Waals surface area contributed by atoms with Gasteiger partial charge in [-0.2, -0.15) is 0 Å². The van der Waals surface area contributed by atoms with Crippen LogP contribution >= 0.6 is 0 Å². The average molecular weight is 554 g/mol. The van der Waals surface area contributed by atoms with Crippen molar-refractivity contribution < 1.29 is 24.0 Å². The maximum Gasteiger partial charge on any atom is 0.338 e. The molecule has 0 saturated heterocycles. The van der Waals surface area contributed by atoms with Crippen LogP contribution in [0.2, 0.25) is 0 Å². The van der Waals surface area contributed by atoms with Gasteiger partial charge in [-0.1, -0.05) is 37.4 Å². The third kappa shape index (κ3) is 6.71. The SMILES string of the molecule is C=C(C(=O)OCC)c1ccc(Nc2nc3ccc([N+](=O)[O-])cc3nc2Nc2ccc(C(=C)C(=O)OCC)cc2)cc1. The van der Waals surface area contributed by atoms with Gasteiger partial charge in [0.25, 0.3) is 5.69 Å². The Morgan fingerprint density at radius 3 is 1.61 bits per heavy atom. The number of nitrogens with zero attached hydrogens (tertiary/aromatic N) is 3. The summed E-state index contributed by atoms with van der Waals surface area (Å²) in [6, 6.07) is 18.1. The first-order valence-corrected chi connectivity index (χ1v) is 12.6. The fraction of sp³-hybridized carbons (Fsp3) is 0.133. The van der Waals surface area contributed by atoms with Crippen LogP contribution in [0.1, 0.15) is 25.0 Å². The number of nitro benzene ring substituents is 1. The Hall–Kier alpha value is -5.58. The Bertz CT molecular complexity index is 1650. The standard InChI is InChI=1S/C30H27N5O6/c1-5-40-29(36)18(3)20-7-11-22(12-8-20)31-27-28(34-26-17-24(35(38)39)15-16-25(26)33-27)32-23-13-9-21(10-14-23)19(4)30(37)41-6-2/h7-17H,3-6H2,1-2H3,(H,31,33)(H,32,34). The molecule has 4 rings (SSSR count). The van der Waals surface area contributed by atoms with Gasteiger partial charge in [-0.05, 0) is 55.3 Å². The number of hydrogen-bond donors (Lipinski definition) is 2. The first-order chi connectivity index (χ1) is 19.7. The zero-order chi connectivity index (χ0) is 29.5. The lowest BCUT2D eigenvalue weighted by atomic mass is 10.1. The third-order valence-corrected chi connectivity index (χ3v) is 5.89. The molecule has 0 saturated carbocycles. The molecule has 0 aliphatic heterocycles. The minimum Gasteiger partial charge on any atom is -0.462 e. The maximum atomic E-state index is 12.0. The van der Waals surface area contributed by atoms with Crippen LogP contribution in [-0.2, 0) is 19.1 Å². The Kier molecular flexibility index (Phi) is 8.68. The quantitative estimate of drug-likeness (QED) is 0.0955. The van der Waals surface area contributed by atoms with Crippen molar-refractivity contribution in [2.45, 2.75) is 13.8 Å². The number of carbonyl (C=O) groups is 2. The van der Waals surface area contributed by atoms with E-state index in [1.54, 1.807) is 62.4 Å². The van der Waals surface area contributed by atoms with Crippen LogP contribution in [0, 0.1) is 10.1 Å². The highest BCUT2D eigenvalue weighted by Gasteiger charge is 2.16. The molecular weight excluding hydrogens is 526 g/mol. The highest BCUT2D eigenvalue weighted by atomic mass is 16.6. The number of fused-ring (bicyclic) bond motifs is 1. The number of nitro groups is 1. The van der Waals surface area contributed by atoms with Gasteiger partial charge in [-0.25, -0.2) is 19.6 Å². The summed E-state index contributed by atoms with van der Waals surface area (Å²) in [6.45, 7) is 11.5. The molecule has 0 aliphatic rings. The molecule has 1 heterocycles. The molecule has 3 aromatic carbocycles. The number of non-ortho nitro benzene ring substituents is 1. The molecule has 41 heavy (non-hydrogen) atoms. The van der Waals surface area contributed by atoms with E-state index in [-0.39, 0.29) is 30.0 Å².